The summed E-state index contributed by atoms with van der Waals surface area (Å²) >= 11 is 0. The fraction of sp³-hybridized carbons (Fsp3) is 0.250. The van der Waals surface area contributed by atoms with Crippen molar-refractivity contribution in [3.8, 4) is 0 Å². The number of hydrogen-bond donors (Lipinski definition) is 3. The standard InChI is InChI=1S/C12H13N5O/c18-12(17-8-2-1-3-13-5-8)10-4-9-11(6-14-10)16-7-15-9/h1-3,5,7,10,14H,4,6H2,(H,15,16)(H,17,18). The van der Waals surface area contributed by atoms with E-state index in [1.54, 1.807) is 24.8 Å². The molecule has 0 aromatic carbocycles. The van der Waals surface area contributed by atoms with Crippen molar-refractivity contribution in [2.45, 2.75) is 19.0 Å². The summed E-state index contributed by atoms with van der Waals surface area (Å²) < 4.78 is 0. The van der Waals surface area contributed by atoms with Gasteiger partial charge in [-0.25, -0.2) is 4.98 Å². The number of nitrogens with zero attached hydrogens (tertiary/aromatic N) is 2. The Balaban J connectivity index is 1.68. The number of imidazole rings is 1. The van der Waals surface area contributed by atoms with Crippen molar-refractivity contribution in [3.05, 3.63) is 42.2 Å². The summed E-state index contributed by atoms with van der Waals surface area (Å²) in [5.41, 5.74) is 2.72. The van der Waals surface area contributed by atoms with Crippen LogP contribution in [-0.4, -0.2) is 26.9 Å². The number of carbonyl (C=O) groups is 1. The van der Waals surface area contributed by atoms with Gasteiger partial charge in [0.05, 0.1) is 35.6 Å². The van der Waals surface area contributed by atoms with Crippen LogP contribution < -0.4 is 10.6 Å². The highest BCUT2D eigenvalue weighted by molar-refractivity contribution is 5.95. The van der Waals surface area contributed by atoms with E-state index in [-0.39, 0.29) is 11.9 Å². The van der Waals surface area contributed by atoms with Gasteiger partial charge < -0.3 is 10.3 Å². The Kier molecular flexibility index (Phi) is 2.77. The molecule has 1 aliphatic heterocycles. The van der Waals surface area contributed by atoms with E-state index in [2.05, 4.69) is 25.6 Å². The molecule has 0 radical (unpaired) electrons. The maximum atomic E-state index is 12.1. The van der Waals surface area contributed by atoms with Gasteiger partial charge in [0.2, 0.25) is 5.91 Å². The van der Waals surface area contributed by atoms with Crippen LogP contribution in [-0.2, 0) is 17.8 Å². The molecule has 0 fully saturated rings. The second-order valence-electron chi connectivity index (χ2n) is 4.20. The van der Waals surface area contributed by atoms with Gasteiger partial charge in [0, 0.05) is 19.2 Å². The van der Waals surface area contributed by atoms with Crippen molar-refractivity contribution >= 4 is 11.6 Å². The van der Waals surface area contributed by atoms with Crippen LogP contribution in [0.1, 0.15) is 11.4 Å². The SMILES string of the molecule is O=C(Nc1cccnc1)C1Cc2nc[nH]c2CN1. The summed E-state index contributed by atoms with van der Waals surface area (Å²) in [5.74, 6) is -0.0587. The number of amides is 1. The molecule has 6 heteroatoms. The van der Waals surface area contributed by atoms with E-state index in [9.17, 15) is 4.79 Å². The largest absolute Gasteiger partial charge is 0.347 e. The van der Waals surface area contributed by atoms with E-state index in [4.69, 9.17) is 0 Å². The zero-order chi connectivity index (χ0) is 12.4. The second kappa shape index (κ2) is 4.58. The number of hydrogen-bond acceptors (Lipinski definition) is 4. The van der Waals surface area contributed by atoms with Crippen molar-refractivity contribution in [1.82, 2.24) is 20.3 Å². The van der Waals surface area contributed by atoms with Crippen LogP contribution in [0.4, 0.5) is 5.69 Å². The van der Waals surface area contributed by atoms with E-state index in [1.165, 1.54) is 0 Å². The number of aromatic nitrogens is 3. The van der Waals surface area contributed by atoms with Gasteiger partial charge in [0.1, 0.15) is 0 Å². The Morgan fingerprint density at radius 3 is 3.28 bits per heavy atom. The molecule has 0 spiro atoms. The molecule has 0 saturated heterocycles. The van der Waals surface area contributed by atoms with Gasteiger partial charge in [0.15, 0.2) is 0 Å². The van der Waals surface area contributed by atoms with Gasteiger partial charge >= 0.3 is 0 Å². The highest BCUT2D eigenvalue weighted by Gasteiger charge is 2.25. The quantitative estimate of drug-likeness (QED) is 0.715. The Morgan fingerprint density at radius 1 is 1.50 bits per heavy atom. The van der Waals surface area contributed by atoms with Gasteiger partial charge in [-0.05, 0) is 12.1 Å². The van der Waals surface area contributed by atoms with E-state index in [0.29, 0.717) is 18.7 Å². The van der Waals surface area contributed by atoms with Gasteiger partial charge in [-0.3, -0.25) is 15.1 Å². The Bertz CT molecular complexity index is 551. The van der Waals surface area contributed by atoms with Gasteiger partial charge in [-0.1, -0.05) is 0 Å². The Labute approximate surface area is 104 Å². The van der Waals surface area contributed by atoms with Crippen LogP contribution in [0.15, 0.2) is 30.9 Å². The predicted octanol–water partition coefficient (Wildman–Crippen LogP) is 0.458. The average molecular weight is 243 g/mol. The first-order chi connectivity index (χ1) is 8.83. The van der Waals surface area contributed by atoms with Crippen LogP contribution in [0.25, 0.3) is 0 Å². The zero-order valence-corrected chi connectivity index (χ0v) is 9.68. The smallest absolute Gasteiger partial charge is 0.241 e. The molecule has 3 N–H and O–H groups in total. The minimum absolute atomic E-state index is 0.0587. The predicted molar refractivity (Wildman–Crippen MR) is 65.8 cm³/mol. The van der Waals surface area contributed by atoms with Crippen LogP contribution in [0.3, 0.4) is 0 Å². The van der Waals surface area contributed by atoms with E-state index < -0.39 is 0 Å². The minimum Gasteiger partial charge on any atom is -0.347 e. The summed E-state index contributed by atoms with van der Waals surface area (Å²) in [7, 11) is 0. The van der Waals surface area contributed by atoms with Crippen LogP contribution >= 0.6 is 0 Å². The molecule has 1 amide bonds. The lowest BCUT2D eigenvalue weighted by Gasteiger charge is -2.22. The summed E-state index contributed by atoms with van der Waals surface area (Å²) in [6.45, 7) is 0.639. The lowest BCUT2D eigenvalue weighted by atomic mass is 10.0. The van der Waals surface area contributed by atoms with E-state index in [1.807, 2.05) is 6.07 Å². The minimum atomic E-state index is -0.249. The summed E-state index contributed by atoms with van der Waals surface area (Å²) in [5, 5.41) is 6.01. The summed E-state index contributed by atoms with van der Waals surface area (Å²) in [6.07, 6.45) is 5.56. The van der Waals surface area contributed by atoms with Crippen molar-refractivity contribution in [3.63, 3.8) is 0 Å². The first-order valence-electron chi connectivity index (χ1n) is 5.78. The summed E-state index contributed by atoms with van der Waals surface area (Å²) in [6, 6.07) is 3.35. The van der Waals surface area contributed by atoms with Crippen molar-refractivity contribution in [2.24, 2.45) is 0 Å². The molecule has 3 heterocycles. The topological polar surface area (TPSA) is 82.7 Å². The third-order valence-corrected chi connectivity index (χ3v) is 2.98. The van der Waals surface area contributed by atoms with Crippen LogP contribution in [0.2, 0.25) is 0 Å². The monoisotopic (exact) mass is 243 g/mol. The van der Waals surface area contributed by atoms with Crippen molar-refractivity contribution in [1.29, 1.82) is 0 Å². The normalized spacial score (nSPS) is 18.1. The fourth-order valence-electron chi connectivity index (χ4n) is 2.02. The van der Waals surface area contributed by atoms with Crippen molar-refractivity contribution < 1.29 is 4.79 Å². The lowest BCUT2D eigenvalue weighted by molar-refractivity contribution is -0.118. The summed E-state index contributed by atoms with van der Waals surface area (Å²) in [4.78, 5) is 23.3. The number of carbonyl (C=O) groups excluding carboxylic acids is 1. The van der Waals surface area contributed by atoms with Gasteiger partial charge in [0.25, 0.3) is 0 Å². The maximum Gasteiger partial charge on any atom is 0.241 e. The number of aromatic amines is 1. The Hall–Kier alpha value is -2.21. The van der Waals surface area contributed by atoms with Gasteiger partial charge in [-0.2, -0.15) is 0 Å². The number of rotatable bonds is 2. The highest BCUT2D eigenvalue weighted by Crippen LogP contribution is 2.13. The molecule has 1 atom stereocenters. The highest BCUT2D eigenvalue weighted by atomic mass is 16.2. The number of anilines is 1. The van der Waals surface area contributed by atoms with Crippen molar-refractivity contribution in [2.75, 3.05) is 5.32 Å². The van der Waals surface area contributed by atoms with E-state index in [0.717, 1.165) is 11.4 Å². The Morgan fingerprint density at radius 2 is 2.44 bits per heavy atom. The maximum absolute atomic E-state index is 12.1. The second-order valence-corrected chi connectivity index (χ2v) is 4.20. The molecule has 92 valence electrons. The third-order valence-electron chi connectivity index (χ3n) is 2.98. The molecule has 18 heavy (non-hydrogen) atoms. The molecule has 1 unspecified atom stereocenters. The van der Waals surface area contributed by atoms with Crippen LogP contribution in [0, 0.1) is 0 Å². The first kappa shape index (κ1) is 10.9. The van der Waals surface area contributed by atoms with Crippen LogP contribution in [0.5, 0.6) is 0 Å². The number of fused-ring (bicyclic) bond motifs is 1. The van der Waals surface area contributed by atoms with E-state index >= 15 is 0 Å². The average Bonchev–Trinajstić information content (AvgIpc) is 2.87. The molecule has 1 aliphatic rings. The molecule has 2 aromatic rings. The first-order valence-corrected chi connectivity index (χ1v) is 5.78. The van der Waals surface area contributed by atoms with Gasteiger partial charge in [-0.15, -0.1) is 0 Å². The number of pyridine rings is 1. The molecule has 0 saturated carbocycles. The number of H-pyrrole nitrogens is 1. The molecule has 0 aliphatic carbocycles. The molecular formula is C12H13N5O. The number of nitrogens with one attached hydrogen (secondary N) is 3. The zero-order valence-electron chi connectivity index (χ0n) is 9.68. The molecule has 0 bridgehead atoms. The molecule has 3 rings (SSSR count). The fourth-order valence-corrected chi connectivity index (χ4v) is 2.02. The molecule has 6 nitrogen and oxygen atoms in total. The molecule has 2 aromatic heterocycles. The lowest BCUT2D eigenvalue weighted by Crippen LogP contribution is -2.44. The molecular weight excluding hydrogens is 230 g/mol. The third kappa shape index (κ3) is 2.10.